The number of carbonyl (C=O) groups is 1. The van der Waals surface area contributed by atoms with Crippen molar-refractivity contribution in [2.75, 3.05) is 33.7 Å². The fourth-order valence-corrected chi connectivity index (χ4v) is 2.94. The van der Waals surface area contributed by atoms with E-state index >= 15 is 0 Å². The van der Waals surface area contributed by atoms with Gasteiger partial charge in [0.2, 0.25) is 5.91 Å². The normalized spacial score (nSPS) is 11.7. The van der Waals surface area contributed by atoms with Crippen LogP contribution in [0.15, 0.2) is 30.3 Å². The molecule has 9 heteroatoms. The molecule has 0 spiro atoms. The van der Waals surface area contributed by atoms with Gasteiger partial charge in [0.15, 0.2) is 11.5 Å². The molecule has 0 saturated heterocycles. The summed E-state index contributed by atoms with van der Waals surface area (Å²) in [6, 6.07) is 7.32. The van der Waals surface area contributed by atoms with E-state index in [1.165, 1.54) is 25.3 Å². The van der Waals surface area contributed by atoms with Gasteiger partial charge in [-0.05, 0) is 50.2 Å². The van der Waals surface area contributed by atoms with Gasteiger partial charge in [0, 0.05) is 18.7 Å². The largest absolute Gasteiger partial charge is 0.495 e. The number of carbonyl (C=O) groups excluding carboxylic acids is 1. The molecule has 30 heavy (non-hydrogen) atoms. The number of hydrogen-bond donors (Lipinski definition) is 1. The molecule has 1 atom stereocenters. The number of aryl methyl sites for hydroxylation is 1. The maximum atomic E-state index is 12.8. The number of nitrogens with zero attached hydrogens (tertiary/aromatic N) is 2. The highest BCUT2D eigenvalue weighted by Crippen LogP contribution is 2.31. The van der Waals surface area contributed by atoms with Crippen molar-refractivity contribution in [3.63, 3.8) is 0 Å². The maximum Gasteiger partial charge on any atom is 0.271 e. The maximum absolute atomic E-state index is 12.8. The summed E-state index contributed by atoms with van der Waals surface area (Å²) in [5.74, 6) is 1.30. The number of ether oxygens (including phenoxy) is 3. The fourth-order valence-electron chi connectivity index (χ4n) is 2.94. The van der Waals surface area contributed by atoms with Crippen LogP contribution in [-0.4, -0.2) is 50.1 Å². The first-order chi connectivity index (χ1) is 14.2. The summed E-state index contributed by atoms with van der Waals surface area (Å²) in [6.45, 7) is 4.21. The highest BCUT2D eigenvalue weighted by molar-refractivity contribution is 5.96. The third-order valence-corrected chi connectivity index (χ3v) is 4.95. The Morgan fingerprint density at radius 1 is 1.10 bits per heavy atom. The minimum absolute atomic E-state index is 0.131. The van der Waals surface area contributed by atoms with Crippen LogP contribution in [0, 0.1) is 17.0 Å². The Balaban J connectivity index is 2.17. The minimum Gasteiger partial charge on any atom is -0.495 e. The molecule has 0 saturated carbocycles. The monoisotopic (exact) mass is 417 g/mol. The van der Waals surface area contributed by atoms with Gasteiger partial charge < -0.3 is 19.5 Å². The van der Waals surface area contributed by atoms with Gasteiger partial charge in [-0.15, -0.1) is 0 Å². The van der Waals surface area contributed by atoms with E-state index in [4.69, 9.17) is 14.2 Å². The second-order valence-corrected chi connectivity index (χ2v) is 6.86. The number of hydrogen-bond acceptors (Lipinski definition) is 7. The number of nitro benzene ring substituents is 1. The second-order valence-electron chi connectivity index (χ2n) is 6.86. The average Bonchev–Trinajstić information content (AvgIpc) is 2.73. The first-order valence-electron chi connectivity index (χ1n) is 9.26. The summed E-state index contributed by atoms with van der Waals surface area (Å²) in [4.78, 5) is 25.2. The van der Waals surface area contributed by atoms with Gasteiger partial charge >= 0.3 is 0 Å². The molecule has 0 aliphatic heterocycles. The van der Waals surface area contributed by atoms with E-state index in [-0.39, 0.29) is 17.3 Å². The van der Waals surface area contributed by atoms with Crippen LogP contribution >= 0.6 is 0 Å². The number of methoxy groups -OCH3 is 3. The van der Waals surface area contributed by atoms with E-state index in [9.17, 15) is 14.9 Å². The molecular formula is C21H27N3O6. The summed E-state index contributed by atoms with van der Waals surface area (Å²) >= 11 is 0. The lowest BCUT2D eigenvalue weighted by molar-refractivity contribution is -0.384. The van der Waals surface area contributed by atoms with Crippen LogP contribution < -0.4 is 19.5 Å². The summed E-state index contributed by atoms with van der Waals surface area (Å²) in [5.41, 5.74) is 2.11. The van der Waals surface area contributed by atoms with Crippen LogP contribution in [0.2, 0.25) is 0 Å². The van der Waals surface area contributed by atoms with E-state index in [1.54, 1.807) is 21.1 Å². The lowest BCUT2D eigenvalue weighted by Crippen LogP contribution is -2.39. The van der Waals surface area contributed by atoms with Crippen molar-refractivity contribution in [2.45, 2.75) is 26.4 Å². The van der Waals surface area contributed by atoms with Crippen LogP contribution in [0.5, 0.6) is 17.2 Å². The number of nitro groups is 1. The van der Waals surface area contributed by atoms with Crippen LogP contribution in [0.3, 0.4) is 0 Å². The number of likely N-dealkylation sites (N-methyl/N-ethyl adjacent to an activating group) is 1. The standard InChI is InChI=1S/C21H27N3O6/c1-13-9-19(29-5)20(30-6)10-15(13)12-23(3)14(2)21(25)22-17-11-16(24(26)27)7-8-18(17)28-4/h7-11,14H,12H2,1-6H3,(H,22,25)/t14-/m1/s1. The van der Waals surface area contributed by atoms with Gasteiger partial charge in [0.1, 0.15) is 5.75 Å². The Hall–Kier alpha value is -3.33. The van der Waals surface area contributed by atoms with Crippen molar-refractivity contribution < 1.29 is 23.9 Å². The third kappa shape index (κ3) is 5.18. The number of amides is 1. The van der Waals surface area contributed by atoms with Crippen molar-refractivity contribution in [3.8, 4) is 17.2 Å². The van der Waals surface area contributed by atoms with Crippen molar-refractivity contribution in [2.24, 2.45) is 0 Å². The molecular weight excluding hydrogens is 390 g/mol. The van der Waals surface area contributed by atoms with Crippen LogP contribution in [0.25, 0.3) is 0 Å². The minimum atomic E-state index is -0.523. The Morgan fingerprint density at radius 3 is 2.27 bits per heavy atom. The zero-order valence-corrected chi connectivity index (χ0v) is 18.0. The zero-order chi connectivity index (χ0) is 22.4. The molecule has 9 nitrogen and oxygen atoms in total. The molecule has 0 heterocycles. The molecule has 0 unspecified atom stereocenters. The highest BCUT2D eigenvalue weighted by Gasteiger charge is 2.22. The number of non-ortho nitro benzene ring substituents is 1. The van der Waals surface area contributed by atoms with Gasteiger partial charge in [-0.2, -0.15) is 0 Å². The van der Waals surface area contributed by atoms with E-state index in [2.05, 4.69) is 5.32 Å². The average molecular weight is 417 g/mol. The molecule has 162 valence electrons. The lowest BCUT2D eigenvalue weighted by Gasteiger charge is -2.25. The Kier molecular flexibility index (Phi) is 7.60. The topological polar surface area (TPSA) is 103 Å². The molecule has 1 N–H and O–H groups in total. The number of anilines is 1. The summed E-state index contributed by atoms with van der Waals surface area (Å²) < 4.78 is 15.9. The first kappa shape index (κ1) is 23.0. The van der Waals surface area contributed by atoms with Gasteiger partial charge in [-0.1, -0.05) is 0 Å². The van der Waals surface area contributed by atoms with Gasteiger partial charge in [0.25, 0.3) is 5.69 Å². The second kappa shape index (κ2) is 9.93. The van der Waals surface area contributed by atoms with Gasteiger partial charge in [-0.25, -0.2) is 0 Å². The highest BCUT2D eigenvalue weighted by atomic mass is 16.6. The summed E-state index contributed by atoms with van der Waals surface area (Å²) in [7, 11) is 6.41. The van der Waals surface area contributed by atoms with E-state index in [0.29, 0.717) is 23.8 Å². The number of rotatable bonds is 9. The number of benzene rings is 2. The summed E-state index contributed by atoms with van der Waals surface area (Å²) in [5, 5.41) is 13.8. The molecule has 0 aliphatic rings. The number of nitrogens with one attached hydrogen (secondary N) is 1. The third-order valence-electron chi connectivity index (χ3n) is 4.95. The Morgan fingerprint density at radius 2 is 1.70 bits per heavy atom. The molecule has 2 rings (SSSR count). The SMILES string of the molecule is COc1ccc([N+](=O)[O-])cc1NC(=O)[C@@H](C)N(C)Cc1cc(OC)c(OC)cc1C. The molecule has 1 amide bonds. The Bertz CT molecular complexity index is 931. The van der Waals surface area contributed by atoms with Crippen molar-refractivity contribution in [3.05, 3.63) is 51.6 Å². The van der Waals surface area contributed by atoms with Crippen molar-refractivity contribution in [1.29, 1.82) is 0 Å². The van der Waals surface area contributed by atoms with Gasteiger partial charge in [-0.3, -0.25) is 19.8 Å². The van der Waals surface area contributed by atoms with E-state index in [0.717, 1.165) is 11.1 Å². The van der Waals surface area contributed by atoms with E-state index in [1.807, 2.05) is 31.0 Å². The molecule has 0 fully saturated rings. The smallest absolute Gasteiger partial charge is 0.271 e. The molecule has 0 bridgehead atoms. The molecule has 0 aromatic heterocycles. The zero-order valence-electron chi connectivity index (χ0n) is 18.0. The quantitative estimate of drug-likeness (QED) is 0.493. The fraction of sp³-hybridized carbons (Fsp3) is 0.381. The molecule has 2 aromatic carbocycles. The lowest BCUT2D eigenvalue weighted by atomic mass is 10.1. The molecule has 2 aromatic rings. The molecule has 0 aliphatic carbocycles. The van der Waals surface area contributed by atoms with E-state index < -0.39 is 11.0 Å². The van der Waals surface area contributed by atoms with Crippen molar-refractivity contribution in [1.82, 2.24) is 4.90 Å². The summed E-state index contributed by atoms with van der Waals surface area (Å²) in [6.07, 6.45) is 0. The molecule has 0 radical (unpaired) electrons. The first-order valence-corrected chi connectivity index (χ1v) is 9.26. The van der Waals surface area contributed by atoms with Crippen LogP contribution in [-0.2, 0) is 11.3 Å². The Labute approximate surface area is 175 Å². The predicted octanol–water partition coefficient (Wildman–Crippen LogP) is 3.39. The van der Waals surface area contributed by atoms with Crippen molar-refractivity contribution >= 4 is 17.3 Å². The predicted molar refractivity (Wildman–Crippen MR) is 113 cm³/mol. The van der Waals surface area contributed by atoms with Crippen LogP contribution in [0.1, 0.15) is 18.1 Å². The van der Waals surface area contributed by atoms with Gasteiger partial charge in [0.05, 0.1) is 38.0 Å². The van der Waals surface area contributed by atoms with Crippen LogP contribution in [0.4, 0.5) is 11.4 Å².